The fraction of sp³-hybridized carbons (Fsp3) is 1.00. The van der Waals surface area contributed by atoms with E-state index >= 15 is 0 Å². The Kier molecular flexibility index (Phi) is 5.36. The summed E-state index contributed by atoms with van der Waals surface area (Å²) in [5.41, 5.74) is -0.0581. The Morgan fingerprint density at radius 1 is 1.39 bits per heavy atom. The molecule has 0 amide bonds. The summed E-state index contributed by atoms with van der Waals surface area (Å²) in [6.07, 6.45) is 5.40. The molecule has 2 N–H and O–H groups in total. The Balaban J connectivity index is 1.80. The van der Waals surface area contributed by atoms with Crippen LogP contribution in [-0.4, -0.2) is 47.5 Å². The van der Waals surface area contributed by atoms with Gasteiger partial charge in [0.2, 0.25) is 0 Å². The van der Waals surface area contributed by atoms with E-state index in [-0.39, 0.29) is 12.1 Å². The van der Waals surface area contributed by atoms with Crippen molar-refractivity contribution in [1.29, 1.82) is 0 Å². The quantitative estimate of drug-likeness (QED) is 0.710. The molecule has 2 aliphatic rings. The normalized spacial score (nSPS) is 27.7. The second-order valence-electron chi connectivity index (χ2n) is 6.04. The van der Waals surface area contributed by atoms with Crippen LogP contribution >= 0.6 is 11.8 Å². The molecule has 0 bridgehead atoms. The van der Waals surface area contributed by atoms with Crippen molar-refractivity contribution in [3.8, 4) is 0 Å². The smallest absolute Gasteiger partial charge is 0.0666 e. The molecule has 1 aliphatic heterocycles. The molecule has 1 aliphatic carbocycles. The minimum absolute atomic E-state index is 0.0581. The van der Waals surface area contributed by atoms with Crippen LogP contribution in [0.25, 0.3) is 0 Å². The molecular weight excluding hydrogens is 246 g/mol. The van der Waals surface area contributed by atoms with Gasteiger partial charge in [-0.25, -0.2) is 0 Å². The van der Waals surface area contributed by atoms with Gasteiger partial charge >= 0.3 is 0 Å². The molecule has 2 rings (SSSR count). The fourth-order valence-electron chi connectivity index (χ4n) is 2.86. The summed E-state index contributed by atoms with van der Waals surface area (Å²) in [5.74, 6) is 2.75. The summed E-state index contributed by atoms with van der Waals surface area (Å²) in [6.45, 7) is 5.52. The fourth-order valence-corrected chi connectivity index (χ4v) is 4.28. The van der Waals surface area contributed by atoms with Crippen molar-refractivity contribution >= 4 is 11.8 Å². The third kappa shape index (κ3) is 3.86. The number of rotatable bonds is 8. The number of ether oxygens (including phenoxy) is 1. The number of hydrogen-bond donors (Lipinski definition) is 2. The van der Waals surface area contributed by atoms with Crippen LogP contribution in [0.1, 0.15) is 39.5 Å². The van der Waals surface area contributed by atoms with Gasteiger partial charge in [0, 0.05) is 24.2 Å². The summed E-state index contributed by atoms with van der Waals surface area (Å²) >= 11 is 1.94. The second-order valence-corrected chi connectivity index (χ2v) is 7.07. The van der Waals surface area contributed by atoms with E-state index in [4.69, 9.17) is 4.74 Å². The predicted molar refractivity (Wildman–Crippen MR) is 77.1 cm³/mol. The molecule has 18 heavy (non-hydrogen) atoms. The van der Waals surface area contributed by atoms with Crippen molar-refractivity contribution < 1.29 is 9.84 Å². The van der Waals surface area contributed by atoms with Gasteiger partial charge in [0.25, 0.3) is 0 Å². The highest BCUT2D eigenvalue weighted by atomic mass is 32.2. The van der Waals surface area contributed by atoms with Gasteiger partial charge in [-0.2, -0.15) is 11.8 Å². The molecule has 1 saturated heterocycles. The van der Waals surface area contributed by atoms with E-state index < -0.39 is 0 Å². The number of nitrogens with one attached hydrogen (secondary N) is 1. The maximum atomic E-state index is 9.82. The average molecular weight is 273 g/mol. The summed E-state index contributed by atoms with van der Waals surface area (Å²) < 4.78 is 5.65. The molecule has 0 aromatic carbocycles. The van der Waals surface area contributed by atoms with Crippen LogP contribution in [0.4, 0.5) is 0 Å². The van der Waals surface area contributed by atoms with Crippen molar-refractivity contribution in [2.75, 3.05) is 24.7 Å². The molecule has 1 heterocycles. The average Bonchev–Trinajstić information content (AvgIpc) is 3.07. The molecule has 2 atom stereocenters. The molecule has 2 fully saturated rings. The minimum atomic E-state index is -0.0581. The summed E-state index contributed by atoms with van der Waals surface area (Å²) in [7, 11) is 0. The zero-order valence-electron chi connectivity index (χ0n) is 11.7. The first-order valence-electron chi connectivity index (χ1n) is 7.24. The predicted octanol–water partition coefficient (Wildman–Crippen LogP) is 2.04. The molecule has 4 heteroatoms. The standard InChI is InChI=1S/C14H27NO2S/c1-11(2)15-14(9-16,12-5-6-12)10-18-8-13-4-3-7-17-13/h11-13,15-16H,3-10H2,1-2H3. The molecule has 1 saturated carbocycles. The van der Waals surface area contributed by atoms with Crippen molar-refractivity contribution in [2.45, 2.75) is 57.2 Å². The lowest BCUT2D eigenvalue weighted by Crippen LogP contribution is -2.55. The van der Waals surface area contributed by atoms with E-state index in [2.05, 4.69) is 19.2 Å². The summed E-state index contributed by atoms with van der Waals surface area (Å²) in [5, 5.41) is 13.4. The molecule has 0 spiro atoms. The molecule has 3 nitrogen and oxygen atoms in total. The van der Waals surface area contributed by atoms with Crippen molar-refractivity contribution in [3.05, 3.63) is 0 Å². The third-order valence-corrected chi connectivity index (χ3v) is 5.23. The number of aliphatic hydroxyl groups excluding tert-OH is 1. The van der Waals surface area contributed by atoms with E-state index in [9.17, 15) is 5.11 Å². The van der Waals surface area contributed by atoms with Gasteiger partial charge in [-0.3, -0.25) is 0 Å². The lowest BCUT2D eigenvalue weighted by atomic mass is 9.95. The first-order valence-corrected chi connectivity index (χ1v) is 8.39. The number of thioether (sulfide) groups is 1. The van der Waals surface area contributed by atoms with Gasteiger partial charge in [0.05, 0.1) is 18.2 Å². The van der Waals surface area contributed by atoms with Crippen LogP contribution in [0.5, 0.6) is 0 Å². The molecular formula is C14H27NO2S. The Labute approximate surface area is 115 Å². The van der Waals surface area contributed by atoms with Crippen LogP contribution in [-0.2, 0) is 4.74 Å². The Hall–Kier alpha value is 0.230. The van der Waals surface area contributed by atoms with Crippen molar-refractivity contribution in [2.24, 2.45) is 5.92 Å². The van der Waals surface area contributed by atoms with Gasteiger partial charge < -0.3 is 15.2 Å². The Morgan fingerprint density at radius 3 is 2.67 bits per heavy atom. The van der Waals surface area contributed by atoms with Crippen LogP contribution in [0.2, 0.25) is 0 Å². The van der Waals surface area contributed by atoms with Gasteiger partial charge in [0.15, 0.2) is 0 Å². The lowest BCUT2D eigenvalue weighted by molar-refractivity contribution is 0.128. The van der Waals surface area contributed by atoms with Crippen molar-refractivity contribution in [3.63, 3.8) is 0 Å². The lowest BCUT2D eigenvalue weighted by Gasteiger charge is -2.35. The summed E-state index contributed by atoms with van der Waals surface area (Å²) in [6, 6.07) is 0.432. The van der Waals surface area contributed by atoms with Gasteiger partial charge in [-0.15, -0.1) is 0 Å². The molecule has 0 aromatic rings. The van der Waals surface area contributed by atoms with Crippen molar-refractivity contribution in [1.82, 2.24) is 5.32 Å². The monoisotopic (exact) mass is 273 g/mol. The van der Waals surface area contributed by atoms with Crippen LogP contribution < -0.4 is 5.32 Å². The minimum Gasteiger partial charge on any atom is -0.394 e. The highest BCUT2D eigenvalue weighted by Crippen LogP contribution is 2.41. The van der Waals surface area contributed by atoms with Crippen LogP contribution in [0, 0.1) is 5.92 Å². The third-order valence-electron chi connectivity index (χ3n) is 3.90. The van der Waals surface area contributed by atoms with E-state index in [1.165, 1.54) is 25.7 Å². The molecule has 0 radical (unpaired) electrons. The van der Waals surface area contributed by atoms with E-state index in [1.807, 2.05) is 11.8 Å². The Morgan fingerprint density at radius 2 is 2.17 bits per heavy atom. The largest absolute Gasteiger partial charge is 0.394 e. The zero-order valence-corrected chi connectivity index (χ0v) is 12.5. The van der Waals surface area contributed by atoms with Gasteiger partial charge in [-0.05, 0) is 31.6 Å². The molecule has 0 aromatic heterocycles. The van der Waals surface area contributed by atoms with E-state index in [0.717, 1.165) is 18.1 Å². The van der Waals surface area contributed by atoms with Crippen LogP contribution in [0.15, 0.2) is 0 Å². The molecule has 106 valence electrons. The second kappa shape index (κ2) is 6.60. The van der Waals surface area contributed by atoms with Gasteiger partial charge in [0.1, 0.15) is 0 Å². The highest BCUT2D eigenvalue weighted by Gasteiger charge is 2.44. The van der Waals surface area contributed by atoms with E-state index in [1.54, 1.807) is 0 Å². The number of hydrogen-bond acceptors (Lipinski definition) is 4. The summed E-state index contributed by atoms with van der Waals surface area (Å²) in [4.78, 5) is 0. The van der Waals surface area contributed by atoms with E-state index in [0.29, 0.717) is 18.1 Å². The zero-order chi connectivity index (χ0) is 13.0. The maximum absolute atomic E-state index is 9.82. The molecule has 2 unspecified atom stereocenters. The van der Waals surface area contributed by atoms with Gasteiger partial charge in [-0.1, -0.05) is 13.8 Å². The first-order chi connectivity index (χ1) is 8.66. The van der Waals surface area contributed by atoms with Crippen LogP contribution in [0.3, 0.4) is 0 Å². The SMILES string of the molecule is CC(C)NC(CO)(CSCC1CCCO1)C1CC1. The first kappa shape index (κ1) is 14.6. The highest BCUT2D eigenvalue weighted by molar-refractivity contribution is 7.99. The number of aliphatic hydroxyl groups is 1. The topological polar surface area (TPSA) is 41.5 Å². The maximum Gasteiger partial charge on any atom is 0.0666 e. The Bertz CT molecular complexity index is 252.